The van der Waals surface area contributed by atoms with E-state index in [-0.39, 0.29) is 5.91 Å². The number of hydrogen-bond donors (Lipinski definition) is 2. The van der Waals surface area contributed by atoms with Gasteiger partial charge in [-0.15, -0.1) is 0 Å². The normalized spacial score (nSPS) is 11.9. The number of rotatable bonds is 4. The molecule has 19 heavy (non-hydrogen) atoms. The zero-order valence-corrected chi connectivity index (χ0v) is 11.0. The van der Waals surface area contributed by atoms with Crippen LogP contribution in [0, 0.1) is 6.92 Å². The molecule has 0 aliphatic carbocycles. The molecule has 0 spiro atoms. The smallest absolute Gasteiger partial charge is 0.241 e. The van der Waals surface area contributed by atoms with Gasteiger partial charge in [0, 0.05) is 5.69 Å². The maximum atomic E-state index is 12.0. The van der Waals surface area contributed by atoms with Crippen molar-refractivity contribution >= 4 is 11.6 Å². The second-order valence-electron chi connectivity index (χ2n) is 4.60. The second kappa shape index (κ2) is 6.16. The van der Waals surface area contributed by atoms with Crippen LogP contribution >= 0.6 is 0 Å². The lowest BCUT2D eigenvalue weighted by molar-refractivity contribution is -0.117. The molecule has 0 saturated carbocycles. The minimum atomic E-state index is -0.540. The molecule has 3 N–H and O–H groups in total. The lowest BCUT2D eigenvalue weighted by atomic mass is 10.1. The Bertz CT molecular complexity index is 552. The van der Waals surface area contributed by atoms with Crippen molar-refractivity contribution < 1.29 is 4.79 Å². The third-order valence-electron chi connectivity index (χ3n) is 3.04. The maximum Gasteiger partial charge on any atom is 0.241 e. The van der Waals surface area contributed by atoms with Gasteiger partial charge in [0.1, 0.15) is 0 Å². The van der Waals surface area contributed by atoms with Crippen molar-refractivity contribution in [3.05, 3.63) is 65.7 Å². The van der Waals surface area contributed by atoms with E-state index in [9.17, 15) is 4.79 Å². The molecule has 0 unspecified atom stereocenters. The van der Waals surface area contributed by atoms with Gasteiger partial charge in [-0.1, -0.05) is 48.5 Å². The maximum absolute atomic E-state index is 12.0. The Kier molecular flexibility index (Phi) is 4.31. The van der Waals surface area contributed by atoms with Crippen molar-refractivity contribution in [1.82, 2.24) is 0 Å². The highest BCUT2D eigenvalue weighted by atomic mass is 16.2. The molecule has 0 fully saturated rings. The van der Waals surface area contributed by atoms with Gasteiger partial charge >= 0.3 is 0 Å². The quantitative estimate of drug-likeness (QED) is 0.880. The minimum Gasteiger partial charge on any atom is -0.324 e. The fraction of sp³-hybridized carbons (Fsp3) is 0.188. The molecule has 0 aliphatic heterocycles. The number of aryl methyl sites for hydroxylation is 1. The Hall–Kier alpha value is -2.13. The van der Waals surface area contributed by atoms with E-state index in [1.807, 2.05) is 61.5 Å². The highest BCUT2D eigenvalue weighted by molar-refractivity contribution is 5.95. The summed E-state index contributed by atoms with van der Waals surface area (Å²) in [5, 5.41) is 2.87. The summed E-state index contributed by atoms with van der Waals surface area (Å²) in [4.78, 5) is 12.0. The monoisotopic (exact) mass is 254 g/mol. The summed E-state index contributed by atoms with van der Waals surface area (Å²) >= 11 is 0. The zero-order chi connectivity index (χ0) is 13.7. The van der Waals surface area contributed by atoms with Crippen LogP contribution in [0.2, 0.25) is 0 Å². The van der Waals surface area contributed by atoms with Crippen LogP contribution in [-0.4, -0.2) is 11.9 Å². The van der Waals surface area contributed by atoms with Crippen LogP contribution in [0.3, 0.4) is 0 Å². The summed E-state index contributed by atoms with van der Waals surface area (Å²) in [6, 6.07) is 16.9. The number of carbonyl (C=O) groups excluding carboxylic acids is 1. The second-order valence-corrected chi connectivity index (χ2v) is 4.60. The molecule has 1 atom stereocenters. The summed E-state index contributed by atoms with van der Waals surface area (Å²) in [5.74, 6) is -0.154. The minimum absolute atomic E-state index is 0.154. The van der Waals surface area contributed by atoms with E-state index in [4.69, 9.17) is 5.73 Å². The number of anilines is 1. The summed E-state index contributed by atoms with van der Waals surface area (Å²) in [6.45, 7) is 1.96. The SMILES string of the molecule is Cc1ccccc1NC(=O)[C@H](N)Cc1ccccc1. The molecule has 0 heterocycles. The Morgan fingerprint density at radius 3 is 2.42 bits per heavy atom. The first kappa shape index (κ1) is 13.3. The van der Waals surface area contributed by atoms with Gasteiger partial charge in [0.15, 0.2) is 0 Å². The van der Waals surface area contributed by atoms with Crippen molar-refractivity contribution in [3.8, 4) is 0 Å². The number of hydrogen-bond acceptors (Lipinski definition) is 2. The van der Waals surface area contributed by atoms with Gasteiger partial charge in [-0.3, -0.25) is 4.79 Å². The summed E-state index contributed by atoms with van der Waals surface area (Å²) < 4.78 is 0. The molecule has 3 heteroatoms. The third-order valence-corrected chi connectivity index (χ3v) is 3.04. The van der Waals surface area contributed by atoms with Gasteiger partial charge < -0.3 is 11.1 Å². The van der Waals surface area contributed by atoms with E-state index >= 15 is 0 Å². The standard InChI is InChI=1S/C16H18N2O/c1-12-7-5-6-10-15(12)18-16(19)14(17)11-13-8-3-2-4-9-13/h2-10,14H,11,17H2,1H3,(H,18,19)/t14-/m1/s1. The van der Waals surface area contributed by atoms with E-state index < -0.39 is 6.04 Å². The molecule has 0 aliphatic rings. The Morgan fingerprint density at radius 1 is 1.11 bits per heavy atom. The van der Waals surface area contributed by atoms with Gasteiger partial charge in [-0.25, -0.2) is 0 Å². The van der Waals surface area contributed by atoms with Crippen molar-refractivity contribution in [3.63, 3.8) is 0 Å². The van der Waals surface area contributed by atoms with Crippen LogP contribution < -0.4 is 11.1 Å². The number of amides is 1. The zero-order valence-electron chi connectivity index (χ0n) is 11.0. The van der Waals surface area contributed by atoms with E-state index in [2.05, 4.69) is 5.32 Å². The van der Waals surface area contributed by atoms with E-state index in [0.717, 1.165) is 16.8 Å². The summed E-state index contributed by atoms with van der Waals surface area (Å²) in [6.07, 6.45) is 0.540. The molecule has 0 aromatic heterocycles. The number of nitrogens with two attached hydrogens (primary N) is 1. The van der Waals surface area contributed by atoms with Crippen molar-refractivity contribution in [2.45, 2.75) is 19.4 Å². The van der Waals surface area contributed by atoms with Crippen LogP contribution in [0.25, 0.3) is 0 Å². The molecule has 3 nitrogen and oxygen atoms in total. The number of nitrogens with one attached hydrogen (secondary N) is 1. The number of para-hydroxylation sites is 1. The predicted octanol–water partition coefficient (Wildman–Crippen LogP) is 2.50. The molecular formula is C16H18N2O. The Morgan fingerprint density at radius 2 is 1.74 bits per heavy atom. The van der Waals surface area contributed by atoms with Gasteiger partial charge in [-0.2, -0.15) is 0 Å². The van der Waals surface area contributed by atoms with Crippen LogP contribution in [0.1, 0.15) is 11.1 Å². The molecule has 98 valence electrons. The molecule has 0 saturated heterocycles. The van der Waals surface area contributed by atoms with Gasteiger partial charge in [-0.05, 0) is 30.5 Å². The van der Waals surface area contributed by atoms with Crippen molar-refractivity contribution in [1.29, 1.82) is 0 Å². The van der Waals surface area contributed by atoms with Crippen molar-refractivity contribution in [2.24, 2.45) is 5.73 Å². The lowest BCUT2D eigenvalue weighted by Crippen LogP contribution is -2.37. The molecule has 1 amide bonds. The summed E-state index contributed by atoms with van der Waals surface area (Å²) in [5.41, 5.74) is 8.85. The fourth-order valence-corrected chi connectivity index (χ4v) is 1.90. The van der Waals surface area contributed by atoms with E-state index in [1.54, 1.807) is 0 Å². The molecule has 2 rings (SSSR count). The topological polar surface area (TPSA) is 55.1 Å². The Labute approximate surface area is 113 Å². The largest absolute Gasteiger partial charge is 0.324 e. The first-order valence-corrected chi connectivity index (χ1v) is 6.33. The highest BCUT2D eigenvalue weighted by Gasteiger charge is 2.14. The summed E-state index contributed by atoms with van der Waals surface area (Å²) in [7, 11) is 0. The first-order chi connectivity index (χ1) is 9.16. The van der Waals surface area contributed by atoms with Crippen LogP contribution in [-0.2, 0) is 11.2 Å². The lowest BCUT2D eigenvalue weighted by Gasteiger charge is -2.13. The van der Waals surface area contributed by atoms with Gasteiger partial charge in [0.2, 0.25) is 5.91 Å². The predicted molar refractivity (Wildman–Crippen MR) is 77.9 cm³/mol. The average Bonchev–Trinajstić information content (AvgIpc) is 2.42. The number of carbonyl (C=O) groups is 1. The number of benzene rings is 2. The van der Waals surface area contributed by atoms with Crippen LogP contribution in [0.15, 0.2) is 54.6 Å². The van der Waals surface area contributed by atoms with Gasteiger partial charge in [0.25, 0.3) is 0 Å². The molecule has 2 aromatic rings. The fourth-order valence-electron chi connectivity index (χ4n) is 1.90. The van der Waals surface area contributed by atoms with Crippen LogP contribution in [0.5, 0.6) is 0 Å². The third kappa shape index (κ3) is 3.66. The molecule has 0 radical (unpaired) electrons. The first-order valence-electron chi connectivity index (χ1n) is 6.33. The highest BCUT2D eigenvalue weighted by Crippen LogP contribution is 2.13. The molecule has 2 aromatic carbocycles. The van der Waals surface area contributed by atoms with E-state index in [1.165, 1.54) is 0 Å². The molecular weight excluding hydrogens is 236 g/mol. The molecule has 0 bridgehead atoms. The van der Waals surface area contributed by atoms with E-state index in [0.29, 0.717) is 6.42 Å². The van der Waals surface area contributed by atoms with Crippen LogP contribution in [0.4, 0.5) is 5.69 Å². The Balaban J connectivity index is 1.99. The van der Waals surface area contributed by atoms with Crippen molar-refractivity contribution in [2.75, 3.05) is 5.32 Å². The average molecular weight is 254 g/mol. The van der Waals surface area contributed by atoms with Gasteiger partial charge in [0.05, 0.1) is 6.04 Å².